The van der Waals surface area contributed by atoms with Crippen molar-refractivity contribution in [1.29, 1.82) is 0 Å². The van der Waals surface area contributed by atoms with Crippen molar-refractivity contribution in [2.75, 3.05) is 4.90 Å². The summed E-state index contributed by atoms with van der Waals surface area (Å²) >= 11 is 0. The summed E-state index contributed by atoms with van der Waals surface area (Å²) in [5, 5.41) is 0. The lowest BCUT2D eigenvalue weighted by Crippen LogP contribution is -2.49. The number of carbonyl (C=O) groups excluding carboxylic acids is 1. The fourth-order valence-corrected chi connectivity index (χ4v) is 2.75. The number of aryl methyl sites for hydroxylation is 1. The minimum atomic E-state index is -0.202. The number of aromatic nitrogens is 1. The van der Waals surface area contributed by atoms with Crippen molar-refractivity contribution in [3.63, 3.8) is 0 Å². The van der Waals surface area contributed by atoms with Crippen molar-refractivity contribution in [2.24, 2.45) is 0 Å². The van der Waals surface area contributed by atoms with Gasteiger partial charge in [-0.1, -0.05) is 32.9 Å². The summed E-state index contributed by atoms with van der Waals surface area (Å²) in [5.74, 6) is 0.808. The van der Waals surface area contributed by atoms with Crippen LogP contribution in [0.1, 0.15) is 65.1 Å². The number of nitrogens with zero attached hydrogens (tertiary/aromatic N) is 2. The molecule has 0 aliphatic rings. The highest BCUT2D eigenvalue weighted by atomic mass is 16.2. The average molecular weight is 288 g/mol. The quantitative estimate of drug-likeness (QED) is 0.757. The maximum Gasteiger partial charge on any atom is 0.225 e. The van der Waals surface area contributed by atoms with Crippen LogP contribution >= 0.6 is 0 Å². The first kappa shape index (κ1) is 17.4. The van der Waals surface area contributed by atoms with Gasteiger partial charge >= 0.3 is 0 Å². The van der Waals surface area contributed by atoms with Crippen molar-refractivity contribution in [3.8, 4) is 0 Å². The Balaban J connectivity index is 3.45. The fraction of sp³-hybridized carbons (Fsp3) is 0.556. The first-order chi connectivity index (χ1) is 9.76. The Morgan fingerprint density at radius 1 is 1.33 bits per heavy atom. The molecule has 0 radical (unpaired) electrons. The van der Waals surface area contributed by atoms with E-state index in [4.69, 9.17) is 4.98 Å². The summed E-state index contributed by atoms with van der Waals surface area (Å²) < 4.78 is 0. The molecule has 0 bridgehead atoms. The number of pyridine rings is 1. The largest absolute Gasteiger partial charge is 0.291 e. The Morgan fingerprint density at radius 3 is 2.38 bits per heavy atom. The molecule has 0 aliphatic heterocycles. The van der Waals surface area contributed by atoms with Crippen LogP contribution in [-0.2, 0) is 4.79 Å². The van der Waals surface area contributed by atoms with E-state index in [1.807, 2.05) is 30.9 Å². The van der Waals surface area contributed by atoms with Gasteiger partial charge in [0.25, 0.3) is 0 Å². The number of rotatable bonds is 6. The van der Waals surface area contributed by atoms with E-state index in [0.29, 0.717) is 0 Å². The molecule has 0 saturated carbocycles. The van der Waals surface area contributed by atoms with E-state index in [0.717, 1.165) is 41.9 Å². The van der Waals surface area contributed by atoms with Gasteiger partial charge in [-0.25, -0.2) is 4.98 Å². The fourth-order valence-electron chi connectivity index (χ4n) is 2.75. The van der Waals surface area contributed by atoms with Crippen LogP contribution in [0.15, 0.2) is 18.7 Å². The van der Waals surface area contributed by atoms with Crippen LogP contribution in [0.25, 0.3) is 5.57 Å². The van der Waals surface area contributed by atoms with Crippen LogP contribution in [0.4, 0.5) is 5.82 Å². The Morgan fingerprint density at radius 2 is 1.95 bits per heavy atom. The number of anilines is 1. The van der Waals surface area contributed by atoms with Crippen LogP contribution in [0, 0.1) is 6.92 Å². The summed E-state index contributed by atoms with van der Waals surface area (Å²) in [6.07, 6.45) is 2.90. The highest BCUT2D eigenvalue weighted by Crippen LogP contribution is 2.32. The molecule has 0 fully saturated rings. The monoisotopic (exact) mass is 288 g/mol. The van der Waals surface area contributed by atoms with Crippen LogP contribution in [0.3, 0.4) is 0 Å². The lowest BCUT2D eigenvalue weighted by Gasteiger charge is -2.40. The first-order valence-corrected chi connectivity index (χ1v) is 7.71. The molecule has 3 nitrogen and oxygen atoms in total. The van der Waals surface area contributed by atoms with E-state index in [1.54, 1.807) is 6.92 Å². The van der Waals surface area contributed by atoms with Gasteiger partial charge in [0.2, 0.25) is 5.91 Å². The number of hydrogen-bond acceptors (Lipinski definition) is 2. The third-order valence-electron chi connectivity index (χ3n) is 4.12. The molecule has 0 spiro atoms. The Bertz CT molecular complexity index is 536. The molecular weight excluding hydrogens is 260 g/mol. The predicted octanol–water partition coefficient (Wildman–Crippen LogP) is 4.74. The summed E-state index contributed by atoms with van der Waals surface area (Å²) in [7, 11) is 0. The van der Waals surface area contributed by atoms with Gasteiger partial charge in [-0.15, -0.1) is 0 Å². The lowest BCUT2D eigenvalue weighted by atomic mass is 9.90. The Labute approximate surface area is 129 Å². The molecule has 0 aromatic carbocycles. The van der Waals surface area contributed by atoms with E-state index in [2.05, 4.69) is 27.4 Å². The number of allylic oxidation sites excluding steroid dienone is 1. The summed E-state index contributed by atoms with van der Waals surface area (Å²) in [4.78, 5) is 18.9. The van der Waals surface area contributed by atoms with Crippen molar-refractivity contribution in [3.05, 3.63) is 30.0 Å². The average Bonchev–Trinajstić information content (AvgIpc) is 2.40. The molecule has 3 heteroatoms. The minimum Gasteiger partial charge on any atom is -0.291 e. The molecule has 1 aromatic heterocycles. The highest BCUT2D eigenvalue weighted by molar-refractivity contribution is 5.92. The standard InChI is InChI=1S/C18H28N2O/c1-8-12-18(7,9-2)20(15(6)21)17-14(5)10-11-16(19-17)13(3)4/h10-11H,3,8-9,12H2,1-2,4-7H3. The maximum atomic E-state index is 12.3. The van der Waals surface area contributed by atoms with Crippen molar-refractivity contribution in [2.45, 2.75) is 66.3 Å². The molecule has 0 saturated heterocycles. The van der Waals surface area contributed by atoms with E-state index >= 15 is 0 Å². The molecule has 21 heavy (non-hydrogen) atoms. The molecule has 116 valence electrons. The van der Waals surface area contributed by atoms with E-state index in [9.17, 15) is 4.79 Å². The SMILES string of the molecule is C=C(C)c1ccc(C)c(N(C(C)=O)C(C)(CC)CCC)n1. The third-order valence-corrected chi connectivity index (χ3v) is 4.12. The second-order valence-corrected chi connectivity index (χ2v) is 6.07. The van der Waals surface area contributed by atoms with E-state index in [-0.39, 0.29) is 11.4 Å². The van der Waals surface area contributed by atoms with Gasteiger partial charge in [0, 0.05) is 12.5 Å². The van der Waals surface area contributed by atoms with Crippen molar-refractivity contribution >= 4 is 17.3 Å². The maximum absolute atomic E-state index is 12.3. The zero-order chi connectivity index (χ0) is 16.2. The van der Waals surface area contributed by atoms with Crippen LogP contribution < -0.4 is 4.90 Å². The van der Waals surface area contributed by atoms with E-state index < -0.39 is 0 Å². The summed E-state index contributed by atoms with van der Waals surface area (Å²) in [5.41, 5.74) is 2.57. The molecule has 0 N–H and O–H groups in total. The lowest BCUT2D eigenvalue weighted by molar-refractivity contribution is -0.117. The second-order valence-electron chi connectivity index (χ2n) is 6.07. The number of carbonyl (C=O) groups is 1. The van der Waals surface area contributed by atoms with Gasteiger partial charge in [0.15, 0.2) is 0 Å². The molecule has 1 amide bonds. The van der Waals surface area contributed by atoms with Gasteiger partial charge in [-0.05, 0) is 50.8 Å². The summed E-state index contributed by atoms with van der Waals surface area (Å²) in [6, 6.07) is 3.98. The van der Waals surface area contributed by atoms with Crippen molar-refractivity contribution < 1.29 is 4.79 Å². The Kier molecular flexibility index (Phi) is 5.70. The topological polar surface area (TPSA) is 33.2 Å². The molecular formula is C18H28N2O. The van der Waals surface area contributed by atoms with Gasteiger partial charge < -0.3 is 0 Å². The number of hydrogen-bond donors (Lipinski definition) is 0. The molecule has 0 aliphatic carbocycles. The highest BCUT2D eigenvalue weighted by Gasteiger charge is 2.34. The first-order valence-electron chi connectivity index (χ1n) is 7.71. The van der Waals surface area contributed by atoms with Crippen molar-refractivity contribution in [1.82, 2.24) is 4.98 Å². The van der Waals surface area contributed by atoms with Gasteiger partial charge in [0.1, 0.15) is 5.82 Å². The summed E-state index contributed by atoms with van der Waals surface area (Å²) in [6.45, 7) is 15.9. The minimum absolute atomic E-state index is 0.0438. The molecule has 1 heterocycles. The van der Waals surface area contributed by atoms with E-state index in [1.165, 1.54) is 0 Å². The van der Waals surface area contributed by atoms with Crippen LogP contribution in [0.2, 0.25) is 0 Å². The normalized spacial score (nSPS) is 13.6. The molecule has 1 aromatic rings. The van der Waals surface area contributed by atoms with Crippen LogP contribution in [0.5, 0.6) is 0 Å². The zero-order valence-electron chi connectivity index (χ0n) is 14.3. The molecule has 1 atom stereocenters. The predicted molar refractivity (Wildman–Crippen MR) is 90.4 cm³/mol. The molecule has 1 rings (SSSR count). The number of amides is 1. The van der Waals surface area contributed by atoms with Crippen LogP contribution in [-0.4, -0.2) is 16.4 Å². The van der Waals surface area contributed by atoms with Gasteiger partial charge in [-0.2, -0.15) is 0 Å². The smallest absolute Gasteiger partial charge is 0.225 e. The Hall–Kier alpha value is -1.64. The second kappa shape index (κ2) is 6.88. The molecule has 1 unspecified atom stereocenters. The zero-order valence-corrected chi connectivity index (χ0v) is 14.3. The third kappa shape index (κ3) is 3.72. The van der Waals surface area contributed by atoms with Gasteiger partial charge in [-0.3, -0.25) is 9.69 Å². The van der Waals surface area contributed by atoms with Gasteiger partial charge in [0.05, 0.1) is 5.69 Å².